The lowest BCUT2D eigenvalue weighted by atomic mass is 10.1. The third-order valence-corrected chi connectivity index (χ3v) is 3.98. The van der Waals surface area contributed by atoms with Crippen molar-refractivity contribution in [2.75, 3.05) is 13.6 Å². The predicted octanol–water partition coefficient (Wildman–Crippen LogP) is 2.74. The van der Waals surface area contributed by atoms with Crippen LogP contribution in [0.4, 0.5) is 0 Å². The van der Waals surface area contributed by atoms with Crippen LogP contribution in [0.5, 0.6) is 0 Å². The Bertz CT molecular complexity index is 556. The number of hydrogen-bond donors (Lipinski definition) is 1. The number of aryl methyl sites for hydroxylation is 1. The van der Waals surface area contributed by atoms with Gasteiger partial charge in [0, 0.05) is 36.4 Å². The van der Waals surface area contributed by atoms with Crippen molar-refractivity contribution in [1.82, 2.24) is 14.7 Å². The Hall–Kier alpha value is -1.17. The molecule has 0 spiro atoms. The normalized spacial score (nSPS) is 12.8. The van der Waals surface area contributed by atoms with Gasteiger partial charge in [0.2, 0.25) is 0 Å². The molecule has 0 bridgehead atoms. The Labute approximate surface area is 128 Å². The number of benzene rings is 1. The van der Waals surface area contributed by atoms with Crippen molar-refractivity contribution >= 4 is 15.9 Å². The molecule has 1 aromatic heterocycles. The summed E-state index contributed by atoms with van der Waals surface area (Å²) >= 11 is 3.48. The highest BCUT2D eigenvalue weighted by Crippen LogP contribution is 2.25. The van der Waals surface area contributed by atoms with Crippen LogP contribution in [-0.4, -0.2) is 33.4 Å². The van der Waals surface area contributed by atoms with Crippen LogP contribution in [0.15, 0.2) is 41.1 Å². The maximum Gasteiger partial charge on any atom is 0.0813 e. The van der Waals surface area contributed by atoms with Crippen molar-refractivity contribution in [2.24, 2.45) is 7.05 Å². The molecule has 108 valence electrons. The number of aromatic nitrogens is 2. The molecule has 2 aromatic rings. The largest absolute Gasteiger partial charge is 0.388 e. The first kappa shape index (κ1) is 15.2. The molecule has 1 atom stereocenters. The Morgan fingerprint density at radius 2 is 2.15 bits per heavy atom. The molecule has 0 fully saturated rings. The highest BCUT2D eigenvalue weighted by Gasteiger charge is 2.12. The summed E-state index contributed by atoms with van der Waals surface area (Å²) in [6, 6.07) is 7.81. The molecule has 0 amide bonds. The van der Waals surface area contributed by atoms with E-state index in [0.717, 1.165) is 23.1 Å². The van der Waals surface area contributed by atoms with Gasteiger partial charge >= 0.3 is 0 Å². The minimum absolute atomic E-state index is 0.443. The third-order valence-electron chi connectivity index (χ3n) is 3.26. The molecule has 0 saturated heterocycles. The molecule has 1 heterocycles. The number of hydrogen-bond acceptors (Lipinski definition) is 3. The SMILES string of the molecule is CN(CCC(O)c1ccccc1Br)Cc1cnn(C)c1. The molecular weight excluding hydrogens is 318 g/mol. The fraction of sp³-hybridized carbons (Fsp3) is 0.400. The molecule has 2 rings (SSSR count). The number of nitrogens with zero attached hydrogens (tertiary/aromatic N) is 3. The maximum atomic E-state index is 10.2. The highest BCUT2D eigenvalue weighted by atomic mass is 79.9. The van der Waals surface area contributed by atoms with Gasteiger partial charge in [0.1, 0.15) is 0 Å². The minimum Gasteiger partial charge on any atom is -0.388 e. The summed E-state index contributed by atoms with van der Waals surface area (Å²) in [7, 11) is 3.97. The maximum absolute atomic E-state index is 10.2. The molecule has 1 aromatic carbocycles. The standard InChI is InChI=1S/C15H20BrN3O/c1-18(10-12-9-17-19(2)11-12)8-7-15(20)13-5-3-4-6-14(13)16/h3-6,9,11,15,20H,7-8,10H2,1-2H3. The summed E-state index contributed by atoms with van der Waals surface area (Å²) in [4.78, 5) is 2.19. The molecule has 1 unspecified atom stereocenters. The van der Waals surface area contributed by atoms with Gasteiger partial charge in [0.25, 0.3) is 0 Å². The van der Waals surface area contributed by atoms with E-state index in [1.54, 1.807) is 4.68 Å². The highest BCUT2D eigenvalue weighted by molar-refractivity contribution is 9.10. The van der Waals surface area contributed by atoms with Gasteiger partial charge in [-0.3, -0.25) is 4.68 Å². The average molecular weight is 338 g/mol. The Morgan fingerprint density at radius 3 is 2.80 bits per heavy atom. The Morgan fingerprint density at radius 1 is 1.40 bits per heavy atom. The molecule has 0 aliphatic heterocycles. The summed E-state index contributed by atoms with van der Waals surface area (Å²) in [5.41, 5.74) is 2.13. The molecule has 0 aliphatic rings. The topological polar surface area (TPSA) is 41.3 Å². The van der Waals surface area contributed by atoms with Crippen LogP contribution in [-0.2, 0) is 13.6 Å². The number of halogens is 1. The minimum atomic E-state index is -0.443. The van der Waals surface area contributed by atoms with E-state index in [2.05, 4.69) is 33.0 Å². The molecule has 5 heteroatoms. The van der Waals surface area contributed by atoms with E-state index in [0.29, 0.717) is 6.42 Å². The molecule has 0 aliphatic carbocycles. The van der Waals surface area contributed by atoms with E-state index >= 15 is 0 Å². The number of aliphatic hydroxyl groups excluding tert-OH is 1. The Kier molecular flexibility index (Phi) is 5.34. The number of aliphatic hydroxyl groups is 1. The first-order valence-corrected chi connectivity index (χ1v) is 7.44. The zero-order chi connectivity index (χ0) is 14.5. The van der Waals surface area contributed by atoms with Crippen molar-refractivity contribution in [1.29, 1.82) is 0 Å². The Balaban J connectivity index is 1.84. The van der Waals surface area contributed by atoms with Crippen LogP contribution in [0.3, 0.4) is 0 Å². The lowest BCUT2D eigenvalue weighted by Crippen LogP contribution is -2.20. The summed E-state index contributed by atoms with van der Waals surface area (Å²) in [5, 5.41) is 14.4. The van der Waals surface area contributed by atoms with E-state index in [9.17, 15) is 5.11 Å². The second kappa shape index (κ2) is 7.02. The molecular formula is C15H20BrN3O. The van der Waals surface area contributed by atoms with Crippen LogP contribution in [0.25, 0.3) is 0 Å². The average Bonchev–Trinajstić information content (AvgIpc) is 2.82. The fourth-order valence-electron chi connectivity index (χ4n) is 2.19. The van der Waals surface area contributed by atoms with Crippen molar-refractivity contribution in [3.05, 3.63) is 52.3 Å². The van der Waals surface area contributed by atoms with E-state index in [1.807, 2.05) is 43.7 Å². The van der Waals surface area contributed by atoms with Gasteiger partial charge in [-0.05, 0) is 25.1 Å². The van der Waals surface area contributed by atoms with Gasteiger partial charge in [0.15, 0.2) is 0 Å². The summed E-state index contributed by atoms with van der Waals surface area (Å²) in [6.07, 6.45) is 4.16. The van der Waals surface area contributed by atoms with E-state index in [-0.39, 0.29) is 0 Å². The first-order chi connectivity index (χ1) is 9.56. The second-order valence-corrected chi connectivity index (χ2v) is 5.94. The van der Waals surface area contributed by atoms with Gasteiger partial charge in [0.05, 0.1) is 12.3 Å². The quantitative estimate of drug-likeness (QED) is 0.881. The van der Waals surface area contributed by atoms with Gasteiger partial charge in [-0.25, -0.2) is 0 Å². The van der Waals surface area contributed by atoms with Crippen molar-refractivity contribution in [2.45, 2.75) is 19.1 Å². The molecule has 20 heavy (non-hydrogen) atoms. The van der Waals surface area contributed by atoms with Crippen molar-refractivity contribution in [3.8, 4) is 0 Å². The number of rotatable bonds is 6. The van der Waals surface area contributed by atoms with Gasteiger partial charge in [-0.2, -0.15) is 5.10 Å². The zero-order valence-corrected chi connectivity index (χ0v) is 13.4. The van der Waals surface area contributed by atoms with E-state index in [1.165, 1.54) is 5.56 Å². The molecule has 0 radical (unpaired) electrons. The summed E-state index contributed by atoms with van der Waals surface area (Å²) in [5.74, 6) is 0. The summed E-state index contributed by atoms with van der Waals surface area (Å²) in [6.45, 7) is 1.67. The van der Waals surface area contributed by atoms with Crippen LogP contribution < -0.4 is 0 Å². The van der Waals surface area contributed by atoms with Gasteiger partial charge < -0.3 is 10.0 Å². The van der Waals surface area contributed by atoms with E-state index < -0.39 is 6.10 Å². The van der Waals surface area contributed by atoms with Crippen LogP contribution in [0.1, 0.15) is 23.7 Å². The first-order valence-electron chi connectivity index (χ1n) is 6.65. The third kappa shape index (κ3) is 4.16. The van der Waals surface area contributed by atoms with Crippen molar-refractivity contribution < 1.29 is 5.11 Å². The molecule has 4 nitrogen and oxygen atoms in total. The lowest BCUT2D eigenvalue weighted by molar-refractivity contribution is 0.147. The smallest absolute Gasteiger partial charge is 0.0813 e. The molecule has 0 saturated carbocycles. The summed E-state index contributed by atoms with van der Waals surface area (Å²) < 4.78 is 2.77. The van der Waals surface area contributed by atoms with Crippen molar-refractivity contribution in [3.63, 3.8) is 0 Å². The zero-order valence-electron chi connectivity index (χ0n) is 11.8. The monoisotopic (exact) mass is 337 g/mol. The van der Waals surface area contributed by atoms with Crippen LogP contribution in [0.2, 0.25) is 0 Å². The molecule has 1 N–H and O–H groups in total. The predicted molar refractivity (Wildman–Crippen MR) is 83.3 cm³/mol. The van der Waals surface area contributed by atoms with Crippen LogP contribution >= 0.6 is 15.9 Å². The van der Waals surface area contributed by atoms with E-state index in [4.69, 9.17) is 0 Å². The van der Waals surface area contributed by atoms with Crippen LogP contribution in [0, 0.1) is 0 Å². The van der Waals surface area contributed by atoms with Gasteiger partial charge in [-0.15, -0.1) is 0 Å². The lowest BCUT2D eigenvalue weighted by Gasteiger charge is -2.19. The fourth-order valence-corrected chi connectivity index (χ4v) is 2.74. The second-order valence-electron chi connectivity index (χ2n) is 5.09. The van der Waals surface area contributed by atoms with Gasteiger partial charge in [-0.1, -0.05) is 34.1 Å².